The molecule has 0 aliphatic carbocycles. The second-order valence-electron chi connectivity index (χ2n) is 4.75. The Morgan fingerprint density at radius 3 is 2.17 bits per heavy atom. The first-order valence-electron chi connectivity index (χ1n) is 6.75. The molecule has 0 radical (unpaired) electrons. The summed E-state index contributed by atoms with van der Waals surface area (Å²) < 4.78 is 40.2. The minimum Gasteiger partial charge on any atom is -0.493 e. The number of carbonyl (C=O) groups is 1. The minimum atomic E-state index is -4.17. The highest BCUT2D eigenvalue weighted by atomic mass is 35.5. The van der Waals surface area contributed by atoms with Crippen molar-refractivity contribution < 1.29 is 26.9 Å². The van der Waals surface area contributed by atoms with Gasteiger partial charge < -0.3 is 13.7 Å². The van der Waals surface area contributed by atoms with Gasteiger partial charge in [0.15, 0.2) is 23.0 Å². The van der Waals surface area contributed by atoms with Crippen LogP contribution < -0.4 is 13.7 Å². The molecule has 0 aliphatic heterocycles. The zero-order valence-corrected chi connectivity index (χ0v) is 14.8. The Labute approximate surface area is 145 Å². The summed E-state index contributed by atoms with van der Waals surface area (Å²) in [4.78, 5) is 11.5. The molecule has 0 bridgehead atoms. The molecule has 128 valence electrons. The van der Waals surface area contributed by atoms with E-state index in [-0.39, 0.29) is 27.7 Å². The van der Waals surface area contributed by atoms with Gasteiger partial charge in [0.1, 0.15) is 4.90 Å². The Hall–Kier alpha value is -2.25. The molecule has 0 amide bonds. The van der Waals surface area contributed by atoms with Gasteiger partial charge in [0, 0.05) is 11.1 Å². The van der Waals surface area contributed by atoms with Gasteiger partial charge in [0.2, 0.25) is 0 Å². The molecule has 2 aromatic carbocycles. The van der Waals surface area contributed by atoms with Crippen LogP contribution in [-0.4, -0.2) is 28.4 Å². The van der Waals surface area contributed by atoms with E-state index in [0.717, 1.165) is 0 Å². The normalized spacial score (nSPS) is 11.0. The molecule has 24 heavy (non-hydrogen) atoms. The van der Waals surface area contributed by atoms with Crippen LogP contribution in [0.2, 0.25) is 5.02 Å². The number of hydrogen-bond donors (Lipinski definition) is 0. The highest BCUT2D eigenvalue weighted by molar-refractivity contribution is 7.87. The summed E-state index contributed by atoms with van der Waals surface area (Å²) in [6.07, 6.45) is 0. The lowest BCUT2D eigenvalue weighted by molar-refractivity contribution is 0.101. The van der Waals surface area contributed by atoms with E-state index in [0.29, 0.717) is 10.8 Å². The molecule has 0 unspecified atom stereocenters. The quantitative estimate of drug-likeness (QED) is 0.573. The Balaban J connectivity index is 2.44. The van der Waals surface area contributed by atoms with Crippen LogP contribution in [0.25, 0.3) is 0 Å². The second kappa shape index (κ2) is 7.11. The molecule has 6 nitrogen and oxygen atoms in total. The Morgan fingerprint density at radius 2 is 1.58 bits per heavy atom. The summed E-state index contributed by atoms with van der Waals surface area (Å²) in [5.41, 5.74) is 0.0755. The van der Waals surface area contributed by atoms with E-state index in [2.05, 4.69) is 0 Å². The number of ether oxygens (including phenoxy) is 2. The van der Waals surface area contributed by atoms with Crippen molar-refractivity contribution in [1.82, 2.24) is 0 Å². The van der Waals surface area contributed by atoms with E-state index in [9.17, 15) is 13.2 Å². The topological polar surface area (TPSA) is 78.9 Å². The number of ketones is 1. The first-order valence-corrected chi connectivity index (χ1v) is 8.54. The Morgan fingerprint density at radius 1 is 0.958 bits per heavy atom. The minimum absolute atomic E-state index is 0.0755. The summed E-state index contributed by atoms with van der Waals surface area (Å²) in [6, 6.07) is 8.16. The number of Topliss-reactive ketones (excluding diaryl/α,β-unsaturated/α-hetero) is 1. The van der Waals surface area contributed by atoms with Crippen molar-refractivity contribution in [3.05, 3.63) is 47.0 Å². The van der Waals surface area contributed by atoms with Crippen LogP contribution in [0.15, 0.2) is 41.3 Å². The van der Waals surface area contributed by atoms with Gasteiger partial charge in [-0.2, -0.15) is 8.42 Å². The number of methoxy groups -OCH3 is 2. The molecule has 0 atom stereocenters. The summed E-state index contributed by atoms with van der Waals surface area (Å²) in [7, 11) is -1.34. The van der Waals surface area contributed by atoms with Crippen LogP contribution >= 0.6 is 11.6 Å². The largest absolute Gasteiger partial charge is 0.493 e. The fourth-order valence-corrected chi connectivity index (χ4v) is 3.12. The van der Waals surface area contributed by atoms with Crippen LogP contribution in [0, 0.1) is 0 Å². The third-order valence-corrected chi connectivity index (χ3v) is 4.63. The molecule has 2 aromatic rings. The van der Waals surface area contributed by atoms with Gasteiger partial charge in [-0.1, -0.05) is 11.6 Å². The van der Waals surface area contributed by atoms with E-state index in [1.54, 1.807) is 0 Å². The van der Waals surface area contributed by atoms with Crippen molar-refractivity contribution >= 4 is 27.5 Å². The van der Waals surface area contributed by atoms with E-state index in [1.807, 2.05) is 0 Å². The molecule has 8 heteroatoms. The predicted octanol–water partition coefficient (Wildman–Crippen LogP) is 3.33. The van der Waals surface area contributed by atoms with Gasteiger partial charge in [-0.25, -0.2) is 0 Å². The lowest BCUT2D eigenvalue weighted by Gasteiger charge is -2.12. The van der Waals surface area contributed by atoms with E-state index < -0.39 is 10.1 Å². The second-order valence-corrected chi connectivity index (χ2v) is 6.73. The fourth-order valence-electron chi connectivity index (χ4n) is 1.99. The molecule has 0 aromatic heterocycles. The Bertz CT molecular complexity index is 876. The van der Waals surface area contributed by atoms with Crippen molar-refractivity contribution in [2.75, 3.05) is 14.2 Å². The molecule has 0 aliphatic rings. The lowest BCUT2D eigenvalue weighted by atomic mass is 10.1. The van der Waals surface area contributed by atoms with Crippen LogP contribution in [0.1, 0.15) is 17.3 Å². The highest BCUT2D eigenvalue weighted by Gasteiger charge is 2.22. The average molecular weight is 371 g/mol. The summed E-state index contributed by atoms with van der Waals surface area (Å²) >= 11 is 5.83. The monoisotopic (exact) mass is 370 g/mol. The predicted molar refractivity (Wildman–Crippen MR) is 88.8 cm³/mol. The number of carbonyl (C=O) groups excluding carboxylic acids is 1. The van der Waals surface area contributed by atoms with Crippen molar-refractivity contribution in [2.45, 2.75) is 11.8 Å². The summed E-state index contributed by atoms with van der Waals surface area (Å²) in [5.74, 6) is 0.161. The molecule has 0 spiro atoms. The third kappa shape index (κ3) is 3.80. The zero-order valence-electron chi connectivity index (χ0n) is 13.2. The van der Waals surface area contributed by atoms with E-state index in [4.69, 9.17) is 25.3 Å². The molecule has 0 N–H and O–H groups in total. The van der Waals surface area contributed by atoms with Crippen LogP contribution in [0.5, 0.6) is 17.2 Å². The summed E-state index contributed by atoms with van der Waals surface area (Å²) in [6.45, 7) is 1.29. The number of benzene rings is 2. The lowest BCUT2D eigenvalue weighted by Crippen LogP contribution is -2.12. The van der Waals surface area contributed by atoms with Gasteiger partial charge in [-0.3, -0.25) is 4.79 Å². The molecule has 0 fully saturated rings. The van der Waals surface area contributed by atoms with Crippen molar-refractivity contribution in [1.29, 1.82) is 0 Å². The Kier molecular flexibility index (Phi) is 5.36. The maximum absolute atomic E-state index is 12.5. The van der Waals surface area contributed by atoms with Gasteiger partial charge in [0.05, 0.1) is 19.8 Å². The van der Waals surface area contributed by atoms with Gasteiger partial charge in [-0.05, 0) is 37.3 Å². The van der Waals surface area contributed by atoms with Crippen molar-refractivity contribution in [3.8, 4) is 17.2 Å². The first kappa shape index (κ1) is 18.1. The average Bonchev–Trinajstić information content (AvgIpc) is 2.55. The molecule has 0 heterocycles. The van der Waals surface area contributed by atoms with Crippen molar-refractivity contribution in [3.63, 3.8) is 0 Å². The first-order chi connectivity index (χ1) is 11.3. The number of hydrogen-bond acceptors (Lipinski definition) is 6. The van der Waals surface area contributed by atoms with E-state index in [1.165, 1.54) is 57.5 Å². The maximum atomic E-state index is 12.5. The number of halogens is 1. The standard InChI is InChI=1S/C16H15ClO6S/c1-10(18)13-8-11(17)4-6-14(13)23-24(19,20)12-5-7-15(21-2)16(9-12)22-3/h4-9H,1-3H3. The molecule has 2 rings (SSSR count). The molecule has 0 saturated heterocycles. The van der Waals surface area contributed by atoms with Crippen LogP contribution in [-0.2, 0) is 10.1 Å². The van der Waals surface area contributed by atoms with E-state index >= 15 is 0 Å². The summed E-state index contributed by atoms with van der Waals surface area (Å²) in [5, 5.41) is 0.302. The maximum Gasteiger partial charge on any atom is 0.339 e. The van der Waals surface area contributed by atoms with Gasteiger partial charge in [0.25, 0.3) is 0 Å². The third-order valence-electron chi connectivity index (χ3n) is 3.16. The fraction of sp³-hybridized carbons (Fsp3) is 0.188. The number of rotatable bonds is 6. The van der Waals surface area contributed by atoms with Gasteiger partial charge in [-0.15, -0.1) is 0 Å². The molecule has 0 saturated carbocycles. The SMILES string of the molecule is COc1ccc(S(=O)(=O)Oc2ccc(Cl)cc2C(C)=O)cc1OC. The smallest absolute Gasteiger partial charge is 0.339 e. The highest BCUT2D eigenvalue weighted by Crippen LogP contribution is 2.32. The van der Waals surface area contributed by atoms with Gasteiger partial charge >= 0.3 is 10.1 Å². The van der Waals surface area contributed by atoms with Crippen LogP contribution in [0.4, 0.5) is 0 Å². The van der Waals surface area contributed by atoms with Crippen molar-refractivity contribution in [2.24, 2.45) is 0 Å². The molecular weight excluding hydrogens is 356 g/mol. The van der Waals surface area contributed by atoms with Crippen LogP contribution in [0.3, 0.4) is 0 Å². The molecular formula is C16H15ClO6S. The zero-order chi connectivity index (χ0) is 17.9.